The molecule has 13 heteroatoms. The highest BCUT2D eigenvalue weighted by molar-refractivity contribution is 7.80. The summed E-state index contributed by atoms with van der Waals surface area (Å²) in [6.07, 6.45) is 55.1. The highest BCUT2D eigenvalue weighted by Gasteiger charge is 2.48. The summed E-state index contributed by atoms with van der Waals surface area (Å²) < 4.78 is 48.0. The lowest BCUT2D eigenvalue weighted by Gasteiger charge is -2.41. The Balaban J connectivity index is 2.30. The van der Waals surface area contributed by atoms with Crippen LogP contribution in [-0.4, -0.2) is 95.4 Å². The Labute approximate surface area is 461 Å². The first-order valence-electron chi connectivity index (χ1n) is 32.1. The molecule has 1 fully saturated rings. The predicted molar refractivity (Wildman–Crippen MR) is 310 cm³/mol. The van der Waals surface area contributed by atoms with Crippen LogP contribution in [0.2, 0.25) is 0 Å². The first kappa shape index (κ1) is 71.9. The van der Waals surface area contributed by atoms with Crippen molar-refractivity contribution in [3.8, 4) is 0 Å². The summed E-state index contributed by atoms with van der Waals surface area (Å²) in [5, 5.41) is 45.2. The van der Waals surface area contributed by atoms with Gasteiger partial charge in [0.15, 0.2) is 6.29 Å². The number of allylic oxidation sites excluding steroid dienone is 2. The summed E-state index contributed by atoms with van der Waals surface area (Å²) in [5.41, 5.74) is 0. The van der Waals surface area contributed by atoms with Crippen LogP contribution < -0.4 is 5.32 Å². The molecule has 7 unspecified atom stereocenters. The number of hydrogen-bond acceptors (Lipinski definition) is 10. The number of aliphatic hydroxyl groups excluding tert-OH is 4. The maximum Gasteiger partial charge on any atom is 0.397 e. The first-order chi connectivity index (χ1) is 36.5. The maximum absolute atomic E-state index is 13.2. The van der Waals surface area contributed by atoms with E-state index in [1.807, 2.05) is 0 Å². The van der Waals surface area contributed by atoms with E-state index in [-0.39, 0.29) is 12.5 Å². The fraction of sp³-hybridized carbons (Fsp3) is 0.952. The van der Waals surface area contributed by atoms with Crippen molar-refractivity contribution in [2.45, 2.75) is 365 Å². The van der Waals surface area contributed by atoms with E-state index in [2.05, 4.69) is 35.5 Å². The third-order valence-electron chi connectivity index (χ3n) is 15.6. The molecule has 0 aromatic carbocycles. The fourth-order valence-electron chi connectivity index (χ4n) is 10.6. The molecule has 1 amide bonds. The minimum absolute atomic E-state index is 0.228. The summed E-state index contributed by atoms with van der Waals surface area (Å²) in [6.45, 7) is 3.51. The smallest absolute Gasteiger partial charge is 0.394 e. The highest BCUT2D eigenvalue weighted by atomic mass is 32.3. The van der Waals surface area contributed by atoms with E-state index in [1.54, 1.807) is 0 Å². The molecule has 7 atom stereocenters. The van der Waals surface area contributed by atoms with Gasteiger partial charge >= 0.3 is 10.4 Å². The monoisotopic (exact) mass is 1090 g/mol. The van der Waals surface area contributed by atoms with Gasteiger partial charge in [0.2, 0.25) is 5.91 Å². The third-order valence-corrected chi connectivity index (χ3v) is 16.0. The van der Waals surface area contributed by atoms with Crippen LogP contribution in [-0.2, 0) is 28.9 Å². The molecule has 1 aliphatic heterocycles. The van der Waals surface area contributed by atoms with Crippen LogP contribution in [0.4, 0.5) is 0 Å². The van der Waals surface area contributed by atoms with Crippen LogP contribution >= 0.6 is 0 Å². The lowest BCUT2D eigenvalue weighted by Crippen LogP contribution is -2.61. The lowest BCUT2D eigenvalue weighted by molar-refractivity contribution is -0.298. The van der Waals surface area contributed by atoms with Gasteiger partial charge in [-0.2, -0.15) is 8.42 Å². The number of ether oxygens (including phenoxy) is 2. The molecule has 1 saturated heterocycles. The molecule has 0 aromatic heterocycles. The summed E-state index contributed by atoms with van der Waals surface area (Å²) in [4.78, 5) is 13.2. The second kappa shape index (κ2) is 52.2. The minimum atomic E-state index is -5.08. The van der Waals surface area contributed by atoms with E-state index >= 15 is 0 Å². The molecule has 1 heterocycles. The Bertz CT molecular complexity index is 1370. The summed E-state index contributed by atoms with van der Waals surface area (Å²) in [7, 11) is -5.08. The molecule has 1 rings (SSSR count). The lowest BCUT2D eigenvalue weighted by atomic mass is 9.99. The largest absolute Gasteiger partial charge is 0.397 e. The zero-order valence-corrected chi connectivity index (χ0v) is 49.5. The van der Waals surface area contributed by atoms with E-state index in [4.69, 9.17) is 9.47 Å². The molecule has 1 aliphatic rings. The first-order valence-corrected chi connectivity index (χ1v) is 33.4. The third kappa shape index (κ3) is 44.3. The van der Waals surface area contributed by atoms with Crippen LogP contribution in [0.3, 0.4) is 0 Å². The number of aliphatic hydroxyl groups is 4. The second-order valence-corrected chi connectivity index (χ2v) is 23.8. The van der Waals surface area contributed by atoms with Gasteiger partial charge in [0.1, 0.15) is 24.4 Å². The van der Waals surface area contributed by atoms with Crippen molar-refractivity contribution < 1.29 is 51.8 Å². The Hall–Kier alpha value is -1.16. The Kier molecular flexibility index (Phi) is 50.0. The molecule has 446 valence electrons. The number of nitrogens with one attached hydrogen (secondary N) is 1. The van der Waals surface area contributed by atoms with Crippen LogP contribution in [0.25, 0.3) is 0 Å². The molecule has 0 radical (unpaired) electrons. The van der Waals surface area contributed by atoms with Gasteiger partial charge in [-0.05, 0) is 38.5 Å². The quantitative estimate of drug-likeness (QED) is 0.0193. The standard InChI is InChI=1S/C62H121NO11S/c1-3-5-7-9-11-13-15-17-19-21-23-25-27-28-30-31-33-35-37-39-41-43-45-47-49-51-56(65)55(54-72-62-60(68)61(74-75(69,70)71)59(67)57(53-64)73-62)63-58(66)52-50-48-46-44-42-40-38-36-34-32-29-26-24-22-20-18-16-14-12-10-8-6-4-2/h32,34,55-57,59-62,64-65,67-68H,3-31,33,35-54H2,1-2H3,(H,63,66)(H,69,70,71)/b34-32-. The molecule has 0 aliphatic carbocycles. The van der Waals surface area contributed by atoms with Gasteiger partial charge < -0.3 is 35.2 Å². The number of carbonyl (C=O) groups excluding carboxylic acids is 1. The number of hydrogen-bond donors (Lipinski definition) is 6. The Morgan fingerprint density at radius 3 is 1.20 bits per heavy atom. The van der Waals surface area contributed by atoms with E-state index in [9.17, 15) is 38.2 Å². The zero-order chi connectivity index (χ0) is 54.7. The van der Waals surface area contributed by atoms with Crippen molar-refractivity contribution in [1.29, 1.82) is 0 Å². The molecule has 0 saturated carbocycles. The van der Waals surface area contributed by atoms with E-state index in [0.29, 0.717) is 19.3 Å². The van der Waals surface area contributed by atoms with Crippen molar-refractivity contribution in [3.63, 3.8) is 0 Å². The van der Waals surface area contributed by atoms with E-state index < -0.39 is 59.9 Å². The molecule has 0 bridgehead atoms. The molecule has 0 spiro atoms. The van der Waals surface area contributed by atoms with Gasteiger partial charge in [0, 0.05) is 6.42 Å². The summed E-state index contributed by atoms with van der Waals surface area (Å²) in [5.74, 6) is -0.228. The molecule has 12 nitrogen and oxygen atoms in total. The maximum atomic E-state index is 13.2. The number of carbonyl (C=O) groups is 1. The Morgan fingerprint density at radius 2 is 0.853 bits per heavy atom. The predicted octanol–water partition coefficient (Wildman–Crippen LogP) is 15.8. The van der Waals surface area contributed by atoms with Gasteiger partial charge in [-0.1, -0.05) is 289 Å². The fourth-order valence-corrected chi connectivity index (χ4v) is 11.1. The van der Waals surface area contributed by atoms with Crippen molar-refractivity contribution >= 4 is 16.3 Å². The minimum Gasteiger partial charge on any atom is -0.394 e. The Morgan fingerprint density at radius 1 is 0.520 bits per heavy atom. The van der Waals surface area contributed by atoms with Crippen LogP contribution in [0.15, 0.2) is 12.2 Å². The molecular formula is C62H121NO11S. The van der Waals surface area contributed by atoms with E-state index in [1.165, 1.54) is 238 Å². The van der Waals surface area contributed by atoms with Gasteiger partial charge in [-0.25, -0.2) is 4.18 Å². The van der Waals surface area contributed by atoms with E-state index in [0.717, 1.165) is 51.4 Å². The molecule has 0 aromatic rings. The highest BCUT2D eigenvalue weighted by Crippen LogP contribution is 2.26. The van der Waals surface area contributed by atoms with Crippen molar-refractivity contribution in [3.05, 3.63) is 12.2 Å². The summed E-state index contributed by atoms with van der Waals surface area (Å²) >= 11 is 0. The van der Waals surface area contributed by atoms with Crippen LogP contribution in [0.5, 0.6) is 0 Å². The second-order valence-electron chi connectivity index (χ2n) is 22.7. The average molecular weight is 1090 g/mol. The van der Waals surface area contributed by atoms with Crippen LogP contribution in [0, 0.1) is 0 Å². The van der Waals surface area contributed by atoms with Crippen molar-refractivity contribution in [2.24, 2.45) is 0 Å². The normalized spacial score (nSPS) is 19.1. The van der Waals surface area contributed by atoms with Crippen molar-refractivity contribution in [2.75, 3.05) is 13.2 Å². The average Bonchev–Trinajstić information content (AvgIpc) is 3.39. The topological polar surface area (TPSA) is 192 Å². The van der Waals surface area contributed by atoms with Gasteiger partial charge in [0.25, 0.3) is 0 Å². The molecule has 6 N–H and O–H groups in total. The van der Waals surface area contributed by atoms with Gasteiger partial charge in [-0.3, -0.25) is 9.35 Å². The van der Waals surface area contributed by atoms with Crippen molar-refractivity contribution in [1.82, 2.24) is 5.32 Å². The summed E-state index contributed by atoms with van der Waals surface area (Å²) in [6, 6.07) is -0.860. The molecule has 75 heavy (non-hydrogen) atoms. The molecular weight excluding hydrogens is 967 g/mol. The zero-order valence-electron chi connectivity index (χ0n) is 48.6. The SMILES string of the molecule is CCCCCCCCCCCCCC/C=C\CCCCCCCCCC(=O)NC(COC1OC(CO)C(O)C(OS(=O)(=O)O)C1O)C(O)CCCCCCCCCCCCCCCCCCCCCCCCCCC. The van der Waals surface area contributed by atoms with Gasteiger partial charge in [0.05, 0.1) is 25.4 Å². The number of unbranched alkanes of at least 4 members (excludes halogenated alkanes) is 43. The van der Waals surface area contributed by atoms with Crippen LogP contribution in [0.1, 0.15) is 322 Å². The number of amides is 1. The number of rotatable bonds is 57. The van der Waals surface area contributed by atoms with Gasteiger partial charge in [-0.15, -0.1) is 0 Å².